The van der Waals surface area contributed by atoms with E-state index in [0.717, 1.165) is 6.42 Å². The maximum atomic E-state index is 12.3. The van der Waals surface area contributed by atoms with Crippen LogP contribution in [0.5, 0.6) is 0 Å². The Bertz CT molecular complexity index is 550. The van der Waals surface area contributed by atoms with Crippen LogP contribution >= 0.6 is 0 Å². The van der Waals surface area contributed by atoms with Crippen LogP contribution in [0.15, 0.2) is 12.3 Å². The van der Waals surface area contributed by atoms with Crippen molar-refractivity contribution in [1.29, 1.82) is 0 Å². The molecule has 1 aromatic rings. The molecule has 1 aliphatic rings. The Hall–Kier alpha value is -1.86. The number of amides is 1. The average molecular weight is 330 g/mol. The van der Waals surface area contributed by atoms with Gasteiger partial charge < -0.3 is 9.80 Å². The van der Waals surface area contributed by atoms with Crippen LogP contribution in [0.1, 0.15) is 32.4 Å². The second-order valence-corrected chi connectivity index (χ2v) is 5.66. The number of aryl methyl sites for hydroxylation is 1. The van der Waals surface area contributed by atoms with Gasteiger partial charge in [0.1, 0.15) is 0 Å². The first kappa shape index (κ1) is 17.5. The Morgan fingerprint density at radius 2 is 2.22 bits per heavy atom. The maximum Gasteiger partial charge on any atom is 0.389 e. The molecule has 128 valence electrons. The number of alkyl halides is 3. The normalized spacial score (nSPS) is 18.3. The van der Waals surface area contributed by atoms with Gasteiger partial charge in [-0.25, -0.2) is 9.97 Å². The Morgan fingerprint density at radius 3 is 2.83 bits per heavy atom. The van der Waals surface area contributed by atoms with Gasteiger partial charge in [-0.3, -0.25) is 4.79 Å². The average Bonchev–Trinajstić information content (AvgIpc) is 2.95. The molecule has 5 nitrogen and oxygen atoms in total. The van der Waals surface area contributed by atoms with Crippen LogP contribution in [0.25, 0.3) is 0 Å². The third kappa shape index (κ3) is 4.80. The van der Waals surface area contributed by atoms with Crippen LogP contribution in [0, 0.1) is 0 Å². The van der Waals surface area contributed by atoms with E-state index in [1.807, 2.05) is 11.8 Å². The van der Waals surface area contributed by atoms with E-state index in [4.69, 9.17) is 0 Å². The zero-order valence-electron chi connectivity index (χ0n) is 13.3. The summed E-state index contributed by atoms with van der Waals surface area (Å²) in [6.45, 7) is 5.41. The highest BCUT2D eigenvalue weighted by atomic mass is 19.4. The molecular weight excluding hydrogens is 309 g/mol. The Labute approximate surface area is 133 Å². The Balaban J connectivity index is 2.01. The molecule has 1 saturated heterocycles. The molecule has 0 unspecified atom stereocenters. The predicted molar refractivity (Wildman–Crippen MR) is 80.1 cm³/mol. The monoisotopic (exact) mass is 330 g/mol. The minimum Gasteiger partial charge on any atom is -0.339 e. The summed E-state index contributed by atoms with van der Waals surface area (Å²) in [5.74, 6) is 0.464. The first-order valence-electron chi connectivity index (χ1n) is 7.71. The van der Waals surface area contributed by atoms with E-state index in [0.29, 0.717) is 31.3 Å². The fourth-order valence-corrected chi connectivity index (χ4v) is 2.86. The number of halogens is 3. The van der Waals surface area contributed by atoms with E-state index in [-0.39, 0.29) is 18.4 Å². The van der Waals surface area contributed by atoms with Crippen molar-refractivity contribution in [2.24, 2.45) is 0 Å². The van der Waals surface area contributed by atoms with Crippen LogP contribution in [0.3, 0.4) is 0 Å². The minimum atomic E-state index is -4.19. The number of hydrogen-bond acceptors (Lipinski definition) is 4. The highest BCUT2D eigenvalue weighted by molar-refractivity contribution is 5.73. The summed E-state index contributed by atoms with van der Waals surface area (Å²) in [6, 6.07) is 1.61. The SMILES string of the molecule is CCN(C(C)=O)[C@@H]1CCN(c2nccc(CCC(F)(F)F)n2)C1. The fourth-order valence-electron chi connectivity index (χ4n) is 2.86. The van der Waals surface area contributed by atoms with Gasteiger partial charge >= 0.3 is 6.18 Å². The fraction of sp³-hybridized carbons (Fsp3) is 0.667. The molecule has 0 bridgehead atoms. The summed E-state index contributed by atoms with van der Waals surface area (Å²) >= 11 is 0. The number of hydrogen-bond donors (Lipinski definition) is 0. The van der Waals surface area contributed by atoms with Crippen molar-refractivity contribution < 1.29 is 18.0 Å². The first-order valence-corrected chi connectivity index (χ1v) is 7.71. The summed E-state index contributed by atoms with van der Waals surface area (Å²) < 4.78 is 36.9. The minimum absolute atomic E-state index is 0.0270. The van der Waals surface area contributed by atoms with Gasteiger partial charge in [0.05, 0.1) is 6.04 Å². The molecule has 0 N–H and O–H groups in total. The molecule has 23 heavy (non-hydrogen) atoms. The number of nitrogens with zero attached hydrogens (tertiary/aromatic N) is 4. The van der Waals surface area contributed by atoms with Crippen molar-refractivity contribution >= 4 is 11.9 Å². The molecule has 1 fully saturated rings. The maximum absolute atomic E-state index is 12.3. The standard InChI is InChI=1S/C15H21F3N4O/c1-3-22(11(2)23)13-6-9-21(10-13)14-19-8-5-12(20-14)4-7-15(16,17)18/h5,8,13H,3-4,6-7,9-10H2,1-2H3/t13-/m1/s1. The zero-order valence-corrected chi connectivity index (χ0v) is 13.3. The van der Waals surface area contributed by atoms with Gasteiger partial charge in [0.25, 0.3) is 0 Å². The van der Waals surface area contributed by atoms with Crippen molar-refractivity contribution in [1.82, 2.24) is 14.9 Å². The molecule has 2 rings (SSSR count). The predicted octanol–water partition coefficient (Wildman–Crippen LogP) is 2.42. The molecule has 0 radical (unpaired) electrons. The lowest BCUT2D eigenvalue weighted by atomic mass is 10.2. The second-order valence-electron chi connectivity index (χ2n) is 5.66. The van der Waals surface area contributed by atoms with Crippen LogP contribution < -0.4 is 4.90 Å². The smallest absolute Gasteiger partial charge is 0.339 e. The lowest BCUT2D eigenvalue weighted by molar-refractivity contribution is -0.134. The topological polar surface area (TPSA) is 49.3 Å². The van der Waals surface area contributed by atoms with E-state index < -0.39 is 12.6 Å². The molecule has 1 aromatic heterocycles. The lowest BCUT2D eigenvalue weighted by Gasteiger charge is -2.26. The third-order valence-corrected chi connectivity index (χ3v) is 4.00. The first-order chi connectivity index (χ1) is 10.8. The number of aromatic nitrogens is 2. The van der Waals surface area contributed by atoms with Crippen molar-refractivity contribution in [3.63, 3.8) is 0 Å². The summed E-state index contributed by atoms with van der Waals surface area (Å²) in [5.41, 5.74) is 0.384. The van der Waals surface area contributed by atoms with E-state index in [1.165, 1.54) is 12.3 Å². The Morgan fingerprint density at radius 1 is 1.48 bits per heavy atom. The molecule has 2 heterocycles. The van der Waals surface area contributed by atoms with Crippen LogP contribution in [-0.2, 0) is 11.2 Å². The van der Waals surface area contributed by atoms with E-state index in [2.05, 4.69) is 9.97 Å². The van der Waals surface area contributed by atoms with Crippen molar-refractivity contribution in [2.75, 3.05) is 24.5 Å². The highest BCUT2D eigenvalue weighted by Gasteiger charge is 2.30. The number of carbonyl (C=O) groups is 1. The molecule has 1 atom stereocenters. The largest absolute Gasteiger partial charge is 0.389 e. The van der Waals surface area contributed by atoms with Crippen LogP contribution in [0.4, 0.5) is 19.1 Å². The van der Waals surface area contributed by atoms with Gasteiger partial charge in [-0.15, -0.1) is 0 Å². The zero-order chi connectivity index (χ0) is 17.0. The van der Waals surface area contributed by atoms with Gasteiger partial charge in [0, 0.05) is 44.9 Å². The summed E-state index contributed by atoms with van der Waals surface area (Å²) in [4.78, 5) is 23.7. The van der Waals surface area contributed by atoms with Gasteiger partial charge in [-0.2, -0.15) is 13.2 Å². The number of likely N-dealkylation sites (N-methyl/N-ethyl adjacent to an activating group) is 1. The van der Waals surface area contributed by atoms with Gasteiger partial charge in [0.15, 0.2) is 0 Å². The molecule has 1 amide bonds. The van der Waals surface area contributed by atoms with Crippen molar-refractivity contribution in [3.05, 3.63) is 18.0 Å². The molecule has 0 saturated carbocycles. The van der Waals surface area contributed by atoms with E-state index in [9.17, 15) is 18.0 Å². The molecule has 8 heteroatoms. The second kappa shape index (κ2) is 7.14. The number of carbonyl (C=O) groups excluding carboxylic acids is 1. The summed E-state index contributed by atoms with van der Waals surface area (Å²) in [7, 11) is 0. The highest BCUT2D eigenvalue weighted by Crippen LogP contribution is 2.23. The quantitative estimate of drug-likeness (QED) is 0.832. The molecule has 1 aliphatic heterocycles. The molecular formula is C15H21F3N4O. The number of anilines is 1. The van der Waals surface area contributed by atoms with Crippen molar-refractivity contribution in [3.8, 4) is 0 Å². The van der Waals surface area contributed by atoms with E-state index in [1.54, 1.807) is 11.8 Å². The summed E-state index contributed by atoms with van der Waals surface area (Å²) in [6.07, 6.45) is -2.93. The van der Waals surface area contributed by atoms with E-state index >= 15 is 0 Å². The van der Waals surface area contributed by atoms with Gasteiger partial charge in [-0.1, -0.05) is 0 Å². The third-order valence-electron chi connectivity index (χ3n) is 4.00. The van der Waals surface area contributed by atoms with Crippen molar-refractivity contribution in [2.45, 2.75) is 45.3 Å². The van der Waals surface area contributed by atoms with Crippen LogP contribution in [-0.4, -0.2) is 52.6 Å². The van der Waals surface area contributed by atoms with Gasteiger partial charge in [-0.05, 0) is 25.8 Å². The summed E-state index contributed by atoms with van der Waals surface area (Å²) in [5, 5.41) is 0. The molecule has 0 aromatic carbocycles. The van der Waals surface area contributed by atoms with Crippen LogP contribution in [0.2, 0.25) is 0 Å². The lowest BCUT2D eigenvalue weighted by Crippen LogP contribution is -2.40. The number of rotatable bonds is 5. The molecule has 0 aliphatic carbocycles. The Kier molecular flexibility index (Phi) is 5.43. The van der Waals surface area contributed by atoms with Gasteiger partial charge in [0.2, 0.25) is 11.9 Å². The molecule has 0 spiro atoms.